The fourth-order valence-electron chi connectivity index (χ4n) is 2.65. The van der Waals surface area contributed by atoms with Gasteiger partial charge in [0.15, 0.2) is 0 Å². The summed E-state index contributed by atoms with van der Waals surface area (Å²) in [4.78, 5) is 21.0. The van der Waals surface area contributed by atoms with Gasteiger partial charge in [0.2, 0.25) is 0 Å². The number of benzene rings is 1. The molecule has 0 N–H and O–H groups in total. The van der Waals surface area contributed by atoms with Crippen LogP contribution in [0.5, 0.6) is 5.75 Å². The lowest BCUT2D eigenvalue weighted by molar-refractivity contribution is 0.0746. The van der Waals surface area contributed by atoms with Gasteiger partial charge in [0.05, 0.1) is 17.7 Å². The highest BCUT2D eigenvalue weighted by Crippen LogP contribution is 2.24. The Hall–Kier alpha value is -2.27. The average Bonchev–Trinajstić information content (AvgIpc) is 2.62. The minimum absolute atomic E-state index is 0.0432. The second-order valence-electron chi connectivity index (χ2n) is 5.31. The number of ether oxygens (including phenoxy) is 1. The van der Waals surface area contributed by atoms with Crippen LogP contribution in [0.3, 0.4) is 0 Å². The van der Waals surface area contributed by atoms with E-state index in [1.165, 1.54) is 0 Å². The summed E-state index contributed by atoms with van der Waals surface area (Å²) in [6, 6.07) is 11.0. The first kappa shape index (κ1) is 15.6. The molecular weight excluding hydrogens is 314 g/mol. The van der Waals surface area contributed by atoms with E-state index < -0.39 is 0 Å². The van der Waals surface area contributed by atoms with E-state index in [0.29, 0.717) is 29.4 Å². The molecule has 0 atom stereocenters. The van der Waals surface area contributed by atoms with Crippen molar-refractivity contribution in [3.8, 4) is 5.75 Å². The molecule has 1 amide bonds. The van der Waals surface area contributed by atoms with Gasteiger partial charge in [0, 0.05) is 32.4 Å². The molecule has 2 aromatic rings. The number of pyridine rings is 1. The van der Waals surface area contributed by atoms with Crippen molar-refractivity contribution in [1.82, 2.24) is 9.88 Å². The number of halogens is 1. The molecule has 2 heterocycles. The fourth-order valence-corrected chi connectivity index (χ4v) is 2.90. The molecule has 120 valence electrons. The van der Waals surface area contributed by atoms with Crippen molar-refractivity contribution in [3.05, 3.63) is 53.2 Å². The molecule has 0 unspecified atom stereocenters. The fraction of sp³-hybridized carbons (Fsp3) is 0.294. The minimum atomic E-state index is -0.0432. The number of amides is 1. The third-order valence-electron chi connectivity index (χ3n) is 3.95. The highest BCUT2D eigenvalue weighted by molar-refractivity contribution is 6.34. The predicted molar refractivity (Wildman–Crippen MR) is 90.4 cm³/mol. The molecule has 0 radical (unpaired) electrons. The van der Waals surface area contributed by atoms with Crippen molar-refractivity contribution in [2.75, 3.05) is 38.2 Å². The Morgan fingerprint density at radius 2 is 1.96 bits per heavy atom. The monoisotopic (exact) mass is 331 g/mol. The number of piperazine rings is 1. The summed E-state index contributed by atoms with van der Waals surface area (Å²) >= 11 is 6.20. The molecule has 0 aliphatic carbocycles. The topological polar surface area (TPSA) is 45.7 Å². The molecule has 3 rings (SSSR count). The molecule has 1 aromatic heterocycles. The first-order chi connectivity index (χ1) is 11.2. The second kappa shape index (κ2) is 6.87. The van der Waals surface area contributed by atoms with E-state index in [-0.39, 0.29) is 5.91 Å². The molecule has 1 aliphatic heterocycles. The Bertz CT molecular complexity index is 685. The number of nitrogens with zero attached hydrogens (tertiary/aromatic N) is 3. The standard InChI is InChI=1S/C17H18ClN3O2/c1-23-13-5-6-14(15(18)12-13)17(22)21-10-8-20(9-11-21)16-4-2-3-7-19-16/h2-7,12H,8-11H2,1H3. The summed E-state index contributed by atoms with van der Waals surface area (Å²) in [7, 11) is 1.57. The van der Waals surface area contributed by atoms with Gasteiger partial charge < -0.3 is 14.5 Å². The van der Waals surface area contributed by atoms with E-state index in [9.17, 15) is 4.79 Å². The largest absolute Gasteiger partial charge is 0.497 e. The van der Waals surface area contributed by atoms with Gasteiger partial charge in [0.25, 0.3) is 5.91 Å². The lowest BCUT2D eigenvalue weighted by atomic mass is 10.1. The minimum Gasteiger partial charge on any atom is -0.497 e. The van der Waals surface area contributed by atoms with Crippen molar-refractivity contribution in [2.45, 2.75) is 0 Å². The van der Waals surface area contributed by atoms with Crippen LogP contribution in [0.1, 0.15) is 10.4 Å². The highest BCUT2D eigenvalue weighted by Gasteiger charge is 2.24. The van der Waals surface area contributed by atoms with Gasteiger partial charge in [0.1, 0.15) is 11.6 Å². The molecule has 1 fully saturated rings. The van der Waals surface area contributed by atoms with Crippen LogP contribution in [0.4, 0.5) is 5.82 Å². The van der Waals surface area contributed by atoms with Crippen molar-refractivity contribution in [2.24, 2.45) is 0 Å². The lowest BCUT2D eigenvalue weighted by Gasteiger charge is -2.35. The van der Waals surface area contributed by atoms with E-state index in [0.717, 1.165) is 18.9 Å². The smallest absolute Gasteiger partial charge is 0.255 e. The summed E-state index contributed by atoms with van der Waals surface area (Å²) in [5.74, 6) is 1.55. The van der Waals surface area contributed by atoms with Gasteiger partial charge in [-0.15, -0.1) is 0 Å². The zero-order chi connectivity index (χ0) is 16.2. The molecule has 1 saturated heterocycles. The quantitative estimate of drug-likeness (QED) is 0.867. The summed E-state index contributed by atoms with van der Waals surface area (Å²) < 4.78 is 5.12. The number of carbonyl (C=O) groups is 1. The second-order valence-corrected chi connectivity index (χ2v) is 5.72. The first-order valence-corrected chi connectivity index (χ1v) is 7.85. The SMILES string of the molecule is COc1ccc(C(=O)N2CCN(c3ccccn3)CC2)c(Cl)c1. The molecule has 1 aromatic carbocycles. The molecule has 0 saturated carbocycles. The molecule has 1 aliphatic rings. The van der Waals surface area contributed by atoms with Crippen LogP contribution in [-0.2, 0) is 0 Å². The van der Waals surface area contributed by atoms with Gasteiger partial charge in [-0.25, -0.2) is 4.98 Å². The Morgan fingerprint density at radius 3 is 2.57 bits per heavy atom. The molecule has 5 nitrogen and oxygen atoms in total. The van der Waals surface area contributed by atoms with Crippen LogP contribution < -0.4 is 9.64 Å². The zero-order valence-corrected chi connectivity index (χ0v) is 13.7. The predicted octanol–water partition coefficient (Wildman–Crippen LogP) is 2.71. The maximum atomic E-state index is 12.6. The maximum Gasteiger partial charge on any atom is 0.255 e. The van der Waals surface area contributed by atoms with E-state index in [1.807, 2.05) is 23.1 Å². The van der Waals surface area contributed by atoms with Crippen LogP contribution in [0.25, 0.3) is 0 Å². The number of hydrogen-bond donors (Lipinski definition) is 0. The van der Waals surface area contributed by atoms with Crippen molar-refractivity contribution in [1.29, 1.82) is 0 Å². The molecule has 23 heavy (non-hydrogen) atoms. The number of carbonyl (C=O) groups excluding carboxylic acids is 1. The number of methoxy groups -OCH3 is 1. The van der Waals surface area contributed by atoms with Crippen molar-refractivity contribution in [3.63, 3.8) is 0 Å². The Labute approximate surface area is 140 Å². The van der Waals surface area contributed by atoms with Gasteiger partial charge in [-0.2, -0.15) is 0 Å². The lowest BCUT2D eigenvalue weighted by Crippen LogP contribution is -2.49. The van der Waals surface area contributed by atoms with E-state index in [1.54, 1.807) is 31.5 Å². The molecule has 6 heteroatoms. The Balaban J connectivity index is 1.66. The third-order valence-corrected chi connectivity index (χ3v) is 4.26. The van der Waals surface area contributed by atoms with Gasteiger partial charge in [-0.1, -0.05) is 17.7 Å². The van der Waals surface area contributed by atoms with Gasteiger partial charge in [-0.05, 0) is 30.3 Å². The number of hydrogen-bond acceptors (Lipinski definition) is 4. The van der Waals surface area contributed by atoms with Crippen LogP contribution in [0.2, 0.25) is 5.02 Å². The first-order valence-electron chi connectivity index (χ1n) is 7.48. The number of anilines is 1. The summed E-state index contributed by atoms with van der Waals surface area (Å²) in [5.41, 5.74) is 0.513. The van der Waals surface area contributed by atoms with E-state index >= 15 is 0 Å². The molecule has 0 spiro atoms. The highest BCUT2D eigenvalue weighted by atomic mass is 35.5. The van der Waals surface area contributed by atoms with Crippen molar-refractivity contribution < 1.29 is 9.53 Å². The van der Waals surface area contributed by atoms with E-state index in [4.69, 9.17) is 16.3 Å². The van der Waals surface area contributed by atoms with Crippen LogP contribution in [0.15, 0.2) is 42.6 Å². The number of rotatable bonds is 3. The Kier molecular flexibility index (Phi) is 4.67. The zero-order valence-electron chi connectivity index (χ0n) is 12.9. The Morgan fingerprint density at radius 1 is 1.17 bits per heavy atom. The average molecular weight is 332 g/mol. The van der Waals surface area contributed by atoms with Crippen molar-refractivity contribution >= 4 is 23.3 Å². The van der Waals surface area contributed by atoms with Gasteiger partial charge >= 0.3 is 0 Å². The summed E-state index contributed by atoms with van der Waals surface area (Å²) in [6.45, 7) is 2.82. The number of aromatic nitrogens is 1. The third kappa shape index (κ3) is 3.40. The van der Waals surface area contributed by atoms with Crippen LogP contribution >= 0.6 is 11.6 Å². The summed E-state index contributed by atoms with van der Waals surface area (Å²) in [6.07, 6.45) is 1.78. The summed E-state index contributed by atoms with van der Waals surface area (Å²) in [5, 5.41) is 0.418. The van der Waals surface area contributed by atoms with Gasteiger partial charge in [-0.3, -0.25) is 4.79 Å². The molecule has 0 bridgehead atoms. The van der Waals surface area contributed by atoms with E-state index in [2.05, 4.69) is 9.88 Å². The van der Waals surface area contributed by atoms with Crippen LogP contribution in [-0.4, -0.2) is 49.1 Å². The normalized spacial score (nSPS) is 14.7. The molecular formula is C17H18ClN3O2. The maximum absolute atomic E-state index is 12.6. The van der Waals surface area contributed by atoms with Crippen LogP contribution in [0, 0.1) is 0 Å².